The van der Waals surface area contributed by atoms with Gasteiger partial charge in [0.2, 0.25) is 0 Å². The summed E-state index contributed by atoms with van der Waals surface area (Å²) in [4.78, 5) is 3.98. The number of aromatic nitrogens is 1. The van der Waals surface area contributed by atoms with E-state index in [4.69, 9.17) is 5.26 Å². The van der Waals surface area contributed by atoms with E-state index in [0.717, 1.165) is 12.8 Å². The molecule has 3 heteroatoms. The van der Waals surface area contributed by atoms with Crippen LogP contribution >= 0.6 is 0 Å². The van der Waals surface area contributed by atoms with Crippen LogP contribution < -0.4 is 0 Å². The smallest absolute Gasteiger partial charge is 0.141 e. The molecule has 2 nitrogen and oxygen atoms in total. The summed E-state index contributed by atoms with van der Waals surface area (Å²) < 4.78 is 12.6. The van der Waals surface area contributed by atoms with Gasteiger partial charge in [-0.05, 0) is 30.9 Å². The molecule has 1 aromatic heterocycles. The second kappa shape index (κ2) is 3.06. The van der Waals surface area contributed by atoms with E-state index in [1.54, 1.807) is 6.07 Å². The summed E-state index contributed by atoms with van der Waals surface area (Å²) in [6.07, 6.45) is 2.85. The van der Waals surface area contributed by atoms with Crippen LogP contribution in [0.4, 0.5) is 4.39 Å². The Balaban J connectivity index is 2.31. The van der Waals surface area contributed by atoms with Gasteiger partial charge in [-0.1, -0.05) is 6.92 Å². The largest absolute Gasteiger partial charge is 0.257 e. The lowest BCUT2D eigenvalue weighted by Gasteiger charge is -2.40. The number of halogens is 1. The van der Waals surface area contributed by atoms with Crippen LogP contribution in [0.5, 0.6) is 0 Å². The first-order chi connectivity index (χ1) is 6.66. The lowest BCUT2D eigenvalue weighted by molar-refractivity contribution is 0.211. The minimum atomic E-state index is -0.451. The predicted molar refractivity (Wildman–Crippen MR) is 49.9 cm³/mol. The SMILES string of the molecule is CC1CC(C#N)(c2ccc(F)cn2)C1. The van der Waals surface area contributed by atoms with Crippen LogP contribution in [0.1, 0.15) is 25.5 Å². The van der Waals surface area contributed by atoms with E-state index in [1.807, 2.05) is 0 Å². The molecule has 0 N–H and O–H groups in total. The summed E-state index contributed by atoms with van der Waals surface area (Å²) in [5.41, 5.74) is 0.257. The van der Waals surface area contributed by atoms with Crippen LogP contribution in [0.25, 0.3) is 0 Å². The molecule has 0 amide bonds. The Hall–Kier alpha value is -1.43. The molecule has 0 radical (unpaired) electrons. The monoisotopic (exact) mass is 190 g/mol. The van der Waals surface area contributed by atoms with Crippen LogP contribution in [-0.2, 0) is 5.41 Å². The number of nitrogens with zero attached hydrogens (tertiary/aromatic N) is 2. The third-order valence-electron chi connectivity index (χ3n) is 2.83. The van der Waals surface area contributed by atoms with Gasteiger partial charge in [-0.15, -0.1) is 0 Å². The van der Waals surface area contributed by atoms with Gasteiger partial charge in [0.25, 0.3) is 0 Å². The van der Waals surface area contributed by atoms with Crippen molar-refractivity contribution in [1.29, 1.82) is 5.26 Å². The highest BCUT2D eigenvalue weighted by molar-refractivity contribution is 5.30. The number of hydrogen-bond donors (Lipinski definition) is 0. The van der Waals surface area contributed by atoms with Crippen molar-refractivity contribution in [2.24, 2.45) is 5.92 Å². The molecule has 0 aliphatic heterocycles. The summed E-state index contributed by atoms with van der Waals surface area (Å²) in [6, 6.07) is 5.28. The van der Waals surface area contributed by atoms with Crippen LogP contribution in [0.3, 0.4) is 0 Å². The van der Waals surface area contributed by atoms with Gasteiger partial charge >= 0.3 is 0 Å². The van der Waals surface area contributed by atoms with Gasteiger partial charge in [-0.2, -0.15) is 5.26 Å². The molecule has 72 valence electrons. The molecule has 1 aliphatic carbocycles. The first-order valence-electron chi connectivity index (χ1n) is 4.69. The first kappa shape index (κ1) is 9.14. The van der Waals surface area contributed by atoms with E-state index in [9.17, 15) is 4.39 Å². The fourth-order valence-corrected chi connectivity index (χ4v) is 2.15. The zero-order chi connectivity index (χ0) is 10.2. The summed E-state index contributed by atoms with van der Waals surface area (Å²) in [5, 5.41) is 9.09. The predicted octanol–water partition coefficient (Wildman–Crippen LogP) is 2.41. The molecule has 0 spiro atoms. The van der Waals surface area contributed by atoms with E-state index in [2.05, 4.69) is 18.0 Å². The van der Waals surface area contributed by atoms with E-state index in [-0.39, 0.29) is 5.82 Å². The number of pyridine rings is 1. The minimum absolute atomic E-state index is 0.353. The number of hydrogen-bond acceptors (Lipinski definition) is 2. The average molecular weight is 190 g/mol. The highest BCUT2D eigenvalue weighted by Crippen LogP contribution is 2.46. The maximum Gasteiger partial charge on any atom is 0.141 e. The Kier molecular flexibility index (Phi) is 1.99. The standard InChI is InChI=1S/C11H11FN2/c1-8-4-11(5-8,7-13)10-3-2-9(12)6-14-10/h2-3,6,8H,4-5H2,1H3. The summed E-state index contributed by atoms with van der Waals surface area (Å²) in [7, 11) is 0. The molecule has 0 bridgehead atoms. The maximum atomic E-state index is 12.6. The third kappa shape index (κ3) is 1.27. The lowest BCUT2D eigenvalue weighted by Crippen LogP contribution is -2.39. The fraction of sp³-hybridized carbons (Fsp3) is 0.455. The van der Waals surface area contributed by atoms with E-state index < -0.39 is 5.41 Å². The second-order valence-electron chi connectivity index (χ2n) is 4.07. The van der Waals surface area contributed by atoms with Gasteiger partial charge in [0.05, 0.1) is 23.4 Å². The van der Waals surface area contributed by atoms with Gasteiger partial charge in [-0.3, -0.25) is 4.98 Å². The minimum Gasteiger partial charge on any atom is -0.257 e. The van der Waals surface area contributed by atoms with E-state index >= 15 is 0 Å². The van der Waals surface area contributed by atoms with Crippen molar-refractivity contribution in [3.8, 4) is 6.07 Å². The molecule has 2 rings (SSSR count). The molecule has 14 heavy (non-hydrogen) atoms. The highest BCUT2D eigenvalue weighted by Gasteiger charge is 2.45. The molecule has 0 aromatic carbocycles. The van der Waals surface area contributed by atoms with Crippen molar-refractivity contribution in [3.05, 3.63) is 29.8 Å². The first-order valence-corrected chi connectivity index (χ1v) is 4.69. The fourth-order valence-electron chi connectivity index (χ4n) is 2.15. The Bertz CT molecular complexity index is 371. The molecule has 0 saturated heterocycles. The molecule has 0 atom stereocenters. The van der Waals surface area contributed by atoms with Crippen LogP contribution in [0.15, 0.2) is 18.3 Å². The maximum absolute atomic E-state index is 12.6. The normalized spacial score (nSPS) is 30.5. The summed E-state index contributed by atoms with van der Waals surface area (Å²) in [5.74, 6) is 0.218. The van der Waals surface area contributed by atoms with Gasteiger partial charge in [0.1, 0.15) is 5.82 Å². The van der Waals surface area contributed by atoms with Crippen molar-refractivity contribution in [3.63, 3.8) is 0 Å². The number of rotatable bonds is 1. The average Bonchev–Trinajstić information content (AvgIpc) is 2.14. The lowest BCUT2D eigenvalue weighted by atomic mass is 9.62. The molecule has 0 unspecified atom stereocenters. The van der Waals surface area contributed by atoms with Gasteiger partial charge in [-0.25, -0.2) is 4.39 Å². The molecule has 1 saturated carbocycles. The van der Waals surface area contributed by atoms with Gasteiger partial charge in [0.15, 0.2) is 0 Å². The molecule has 1 fully saturated rings. The van der Waals surface area contributed by atoms with Crippen LogP contribution in [-0.4, -0.2) is 4.98 Å². The zero-order valence-electron chi connectivity index (χ0n) is 8.00. The van der Waals surface area contributed by atoms with Crippen molar-refractivity contribution in [2.45, 2.75) is 25.2 Å². The van der Waals surface area contributed by atoms with E-state index in [1.165, 1.54) is 12.3 Å². The van der Waals surface area contributed by atoms with Crippen molar-refractivity contribution < 1.29 is 4.39 Å². The number of nitriles is 1. The van der Waals surface area contributed by atoms with Crippen LogP contribution in [0, 0.1) is 23.1 Å². The molecule has 1 aromatic rings. The topological polar surface area (TPSA) is 36.7 Å². The van der Waals surface area contributed by atoms with Gasteiger partial charge < -0.3 is 0 Å². The van der Waals surface area contributed by atoms with E-state index in [0.29, 0.717) is 11.6 Å². The highest BCUT2D eigenvalue weighted by atomic mass is 19.1. The molecule has 1 aliphatic rings. The van der Waals surface area contributed by atoms with Crippen molar-refractivity contribution in [2.75, 3.05) is 0 Å². The quantitative estimate of drug-likeness (QED) is 0.681. The third-order valence-corrected chi connectivity index (χ3v) is 2.83. The molecule has 1 heterocycles. The van der Waals surface area contributed by atoms with Crippen molar-refractivity contribution >= 4 is 0 Å². The van der Waals surface area contributed by atoms with Crippen molar-refractivity contribution in [1.82, 2.24) is 4.98 Å². The summed E-state index contributed by atoms with van der Waals surface area (Å²) in [6.45, 7) is 2.11. The Morgan fingerprint density at radius 2 is 2.29 bits per heavy atom. The van der Waals surface area contributed by atoms with Crippen LogP contribution in [0.2, 0.25) is 0 Å². The van der Waals surface area contributed by atoms with Gasteiger partial charge in [0, 0.05) is 0 Å². The Morgan fingerprint density at radius 3 is 2.71 bits per heavy atom. The summed E-state index contributed by atoms with van der Waals surface area (Å²) >= 11 is 0. The zero-order valence-corrected chi connectivity index (χ0v) is 8.00. The molecular weight excluding hydrogens is 179 g/mol. The second-order valence-corrected chi connectivity index (χ2v) is 4.07. The Labute approximate surface area is 82.4 Å². The Morgan fingerprint density at radius 1 is 1.57 bits per heavy atom. The molecular formula is C11H11FN2.